The summed E-state index contributed by atoms with van der Waals surface area (Å²) in [7, 11) is 0. The molecule has 280 valence electrons. The Morgan fingerprint density at radius 3 is 1.69 bits per heavy atom. The van der Waals surface area contributed by atoms with Gasteiger partial charge in [-0.2, -0.15) is 0 Å². The molecule has 1 heteroatoms. The summed E-state index contributed by atoms with van der Waals surface area (Å²) in [6.45, 7) is 9.62. The summed E-state index contributed by atoms with van der Waals surface area (Å²) in [6.07, 6.45) is 0. The maximum absolute atomic E-state index is 2.62. The number of benzene rings is 9. The summed E-state index contributed by atoms with van der Waals surface area (Å²) in [5.74, 6) is 0. The molecule has 0 fully saturated rings. The van der Waals surface area contributed by atoms with Crippen LogP contribution in [-0.4, -0.2) is 0 Å². The Balaban J connectivity index is 1.19. The van der Waals surface area contributed by atoms with Crippen molar-refractivity contribution in [3.63, 3.8) is 0 Å². The highest BCUT2D eigenvalue weighted by atomic mass is 15.1. The monoisotopic (exact) mass is 753 g/mol. The molecular weight excluding hydrogens is 711 g/mol. The predicted octanol–water partition coefficient (Wildman–Crippen LogP) is 15.9. The molecule has 0 heterocycles. The highest BCUT2D eigenvalue weighted by Crippen LogP contribution is 2.60. The van der Waals surface area contributed by atoms with Gasteiger partial charge in [0.2, 0.25) is 0 Å². The van der Waals surface area contributed by atoms with E-state index in [1.54, 1.807) is 0 Å². The van der Waals surface area contributed by atoms with Crippen molar-refractivity contribution in [2.45, 2.75) is 38.5 Å². The van der Waals surface area contributed by atoms with Crippen LogP contribution in [0.25, 0.3) is 77.5 Å². The fourth-order valence-corrected chi connectivity index (χ4v) is 10.8. The van der Waals surface area contributed by atoms with Gasteiger partial charge in [-0.1, -0.05) is 179 Å². The van der Waals surface area contributed by atoms with E-state index in [0.717, 1.165) is 0 Å². The van der Waals surface area contributed by atoms with Crippen LogP contribution in [0.15, 0.2) is 188 Å². The lowest BCUT2D eigenvalue weighted by Gasteiger charge is -2.32. The van der Waals surface area contributed by atoms with E-state index in [4.69, 9.17) is 0 Å². The molecule has 0 N–H and O–H groups in total. The molecule has 0 saturated heterocycles. The summed E-state index contributed by atoms with van der Waals surface area (Å²) < 4.78 is 0. The molecule has 0 atom stereocenters. The van der Waals surface area contributed by atoms with E-state index in [-0.39, 0.29) is 10.8 Å². The SMILES string of the molecule is CC1(C)c2ccccc2-c2ccc(N(c3cc(-c4ccccc4)cc4c3-c3ccc(-c5ccccc5)cc3C4(C)C)c3ccc4cccc5c4c3-c3ccccc3-5)cc21. The van der Waals surface area contributed by atoms with Crippen molar-refractivity contribution >= 4 is 27.8 Å². The van der Waals surface area contributed by atoms with E-state index in [1.165, 1.54) is 117 Å². The van der Waals surface area contributed by atoms with Crippen LogP contribution in [0.3, 0.4) is 0 Å². The molecule has 12 rings (SSSR count). The molecule has 59 heavy (non-hydrogen) atoms. The molecule has 0 spiro atoms. The first-order chi connectivity index (χ1) is 28.8. The van der Waals surface area contributed by atoms with E-state index in [0.29, 0.717) is 0 Å². The molecule has 0 saturated carbocycles. The Labute approximate surface area is 346 Å². The lowest BCUT2D eigenvalue weighted by Crippen LogP contribution is -2.18. The average molecular weight is 754 g/mol. The molecule has 0 aliphatic heterocycles. The largest absolute Gasteiger partial charge is 0.309 e. The molecule has 0 radical (unpaired) electrons. The van der Waals surface area contributed by atoms with Crippen molar-refractivity contribution in [3.8, 4) is 66.8 Å². The quantitative estimate of drug-likeness (QED) is 0.169. The third kappa shape index (κ3) is 4.79. The highest BCUT2D eigenvalue weighted by molar-refractivity contribution is 6.20. The van der Waals surface area contributed by atoms with E-state index < -0.39 is 0 Å². The molecule has 3 aliphatic rings. The first kappa shape index (κ1) is 34.1. The van der Waals surface area contributed by atoms with Gasteiger partial charge in [-0.15, -0.1) is 0 Å². The summed E-state index contributed by atoms with van der Waals surface area (Å²) in [5, 5.41) is 2.60. The maximum Gasteiger partial charge on any atom is 0.0549 e. The Morgan fingerprint density at radius 1 is 0.322 bits per heavy atom. The fourth-order valence-electron chi connectivity index (χ4n) is 10.8. The fraction of sp³-hybridized carbons (Fsp3) is 0.103. The molecule has 0 aromatic heterocycles. The zero-order chi connectivity index (χ0) is 39.6. The number of fused-ring (bicyclic) bond motifs is 9. The zero-order valence-corrected chi connectivity index (χ0v) is 33.8. The van der Waals surface area contributed by atoms with Gasteiger partial charge < -0.3 is 4.90 Å². The van der Waals surface area contributed by atoms with Crippen molar-refractivity contribution in [3.05, 3.63) is 210 Å². The lowest BCUT2D eigenvalue weighted by molar-refractivity contribution is 0.660. The summed E-state index contributed by atoms with van der Waals surface area (Å²) >= 11 is 0. The topological polar surface area (TPSA) is 3.24 Å². The minimum Gasteiger partial charge on any atom is -0.309 e. The van der Waals surface area contributed by atoms with Crippen LogP contribution in [0.1, 0.15) is 49.9 Å². The van der Waals surface area contributed by atoms with E-state index in [2.05, 4.69) is 221 Å². The molecular formula is C58H43N. The summed E-state index contributed by atoms with van der Waals surface area (Å²) in [5.41, 5.74) is 24.0. The maximum atomic E-state index is 2.62. The standard InChI is InChI=1S/C58H43N/c1-57(2)48-25-14-13-22-43(48)44-30-28-41(35-50(44)57)59(52-31-27-38-20-15-24-45-42-21-11-12-23-46(42)56(52)54(38)45)53-34-40(37-18-9-6-10-19-37)33-51-55(53)47-29-26-39(32-49(47)58(51,3)4)36-16-7-5-8-17-36/h5-35H,1-4H3. The molecule has 1 nitrogen and oxygen atoms in total. The second-order valence-corrected chi connectivity index (χ2v) is 17.7. The second-order valence-electron chi connectivity index (χ2n) is 17.7. The molecule has 9 aromatic carbocycles. The minimum absolute atomic E-state index is 0.149. The summed E-state index contributed by atoms with van der Waals surface area (Å²) in [4.78, 5) is 2.62. The van der Waals surface area contributed by atoms with Crippen LogP contribution >= 0.6 is 0 Å². The number of anilines is 3. The van der Waals surface area contributed by atoms with Gasteiger partial charge >= 0.3 is 0 Å². The van der Waals surface area contributed by atoms with Gasteiger partial charge in [0.25, 0.3) is 0 Å². The molecule has 0 bridgehead atoms. The van der Waals surface area contributed by atoms with Crippen molar-refractivity contribution in [2.75, 3.05) is 4.90 Å². The first-order valence-corrected chi connectivity index (χ1v) is 20.9. The predicted molar refractivity (Wildman–Crippen MR) is 249 cm³/mol. The Kier molecular flexibility index (Phi) is 7.10. The Hall–Kier alpha value is -6.96. The van der Waals surface area contributed by atoms with Gasteiger partial charge in [-0.3, -0.25) is 0 Å². The summed E-state index contributed by atoms with van der Waals surface area (Å²) in [6, 6.07) is 70.6. The number of nitrogens with zero attached hydrogens (tertiary/aromatic N) is 1. The third-order valence-corrected chi connectivity index (χ3v) is 13.8. The Morgan fingerprint density at radius 2 is 0.915 bits per heavy atom. The molecule has 0 amide bonds. The van der Waals surface area contributed by atoms with Crippen molar-refractivity contribution in [1.82, 2.24) is 0 Å². The van der Waals surface area contributed by atoms with Gasteiger partial charge in [0.1, 0.15) is 0 Å². The molecule has 9 aromatic rings. The van der Waals surface area contributed by atoms with Crippen LogP contribution < -0.4 is 4.90 Å². The zero-order valence-electron chi connectivity index (χ0n) is 33.8. The van der Waals surface area contributed by atoms with Crippen molar-refractivity contribution in [1.29, 1.82) is 0 Å². The van der Waals surface area contributed by atoms with Crippen LogP contribution in [0.2, 0.25) is 0 Å². The van der Waals surface area contributed by atoms with Gasteiger partial charge in [0, 0.05) is 27.6 Å². The number of hydrogen-bond donors (Lipinski definition) is 0. The van der Waals surface area contributed by atoms with E-state index >= 15 is 0 Å². The van der Waals surface area contributed by atoms with Gasteiger partial charge in [0.05, 0.1) is 11.4 Å². The van der Waals surface area contributed by atoms with Crippen molar-refractivity contribution in [2.24, 2.45) is 0 Å². The van der Waals surface area contributed by atoms with Crippen LogP contribution in [-0.2, 0) is 10.8 Å². The average Bonchev–Trinajstić information content (AvgIpc) is 3.83. The molecule has 3 aliphatic carbocycles. The number of rotatable bonds is 5. The minimum atomic E-state index is -0.248. The first-order valence-electron chi connectivity index (χ1n) is 20.9. The number of hydrogen-bond acceptors (Lipinski definition) is 1. The van der Waals surface area contributed by atoms with Crippen molar-refractivity contribution < 1.29 is 0 Å². The van der Waals surface area contributed by atoms with Gasteiger partial charge in [-0.25, -0.2) is 0 Å². The van der Waals surface area contributed by atoms with Crippen LogP contribution in [0.5, 0.6) is 0 Å². The van der Waals surface area contributed by atoms with Gasteiger partial charge in [-0.05, 0) is 125 Å². The molecule has 0 unspecified atom stereocenters. The smallest absolute Gasteiger partial charge is 0.0549 e. The third-order valence-electron chi connectivity index (χ3n) is 13.8. The van der Waals surface area contributed by atoms with E-state index in [9.17, 15) is 0 Å². The normalized spacial score (nSPS) is 14.4. The second kappa shape index (κ2) is 12.3. The lowest BCUT2D eigenvalue weighted by atomic mass is 9.80. The highest BCUT2D eigenvalue weighted by Gasteiger charge is 2.41. The van der Waals surface area contributed by atoms with Gasteiger partial charge in [0.15, 0.2) is 0 Å². The van der Waals surface area contributed by atoms with Crippen LogP contribution in [0, 0.1) is 0 Å². The van der Waals surface area contributed by atoms with E-state index in [1.807, 2.05) is 0 Å². The van der Waals surface area contributed by atoms with Crippen LogP contribution in [0.4, 0.5) is 17.1 Å². The Bertz CT molecular complexity index is 3200.